The van der Waals surface area contributed by atoms with Crippen LogP contribution in [0.25, 0.3) is 0 Å². The number of hydrogen-bond acceptors (Lipinski definition) is 2. The van der Waals surface area contributed by atoms with Crippen LogP contribution in [-0.2, 0) is 0 Å². The van der Waals surface area contributed by atoms with Gasteiger partial charge in [-0.1, -0.05) is 13.8 Å². The first kappa shape index (κ1) is 15.1. The SMILES string of the molecule is CC1CN(C(=O)Nc2ccc(I)cc2C(=O)O)CC1C. The Morgan fingerprint density at radius 2 is 1.90 bits per heavy atom. The van der Waals surface area contributed by atoms with E-state index in [4.69, 9.17) is 0 Å². The fourth-order valence-corrected chi connectivity index (χ4v) is 2.78. The number of halogens is 1. The average Bonchev–Trinajstić information content (AvgIpc) is 2.71. The Hall–Kier alpha value is -1.31. The van der Waals surface area contributed by atoms with Gasteiger partial charge in [-0.2, -0.15) is 0 Å². The monoisotopic (exact) mass is 388 g/mol. The maximum absolute atomic E-state index is 12.2. The van der Waals surface area contributed by atoms with Crippen LogP contribution in [0.2, 0.25) is 0 Å². The normalized spacial score (nSPS) is 21.9. The standard InChI is InChI=1S/C14H17IN2O3/c1-8-6-17(7-9(8)2)14(20)16-12-4-3-10(15)5-11(12)13(18)19/h3-5,8-9H,6-7H2,1-2H3,(H,16,20)(H,18,19). The summed E-state index contributed by atoms with van der Waals surface area (Å²) in [5.74, 6) is -0.102. The van der Waals surface area contributed by atoms with Gasteiger partial charge in [0.2, 0.25) is 0 Å². The number of carboxylic acids is 1. The van der Waals surface area contributed by atoms with Crippen molar-refractivity contribution in [1.29, 1.82) is 0 Å². The number of likely N-dealkylation sites (tertiary alicyclic amines) is 1. The molecule has 1 aliphatic heterocycles. The number of benzene rings is 1. The van der Waals surface area contributed by atoms with Crippen molar-refractivity contribution in [2.24, 2.45) is 11.8 Å². The summed E-state index contributed by atoms with van der Waals surface area (Å²) >= 11 is 2.05. The maximum Gasteiger partial charge on any atom is 0.337 e. The van der Waals surface area contributed by atoms with E-state index in [9.17, 15) is 14.7 Å². The third-order valence-corrected chi connectivity index (χ3v) is 4.40. The quantitative estimate of drug-likeness (QED) is 0.765. The molecule has 2 unspecified atom stereocenters. The van der Waals surface area contributed by atoms with E-state index in [1.54, 1.807) is 23.1 Å². The summed E-state index contributed by atoms with van der Waals surface area (Å²) in [6.07, 6.45) is 0. The predicted octanol–water partition coefficient (Wildman–Crippen LogP) is 3.11. The minimum atomic E-state index is -1.04. The van der Waals surface area contributed by atoms with Crippen LogP contribution in [0.5, 0.6) is 0 Å². The highest BCUT2D eigenvalue weighted by molar-refractivity contribution is 14.1. The highest BCUT2D eigenvalue weighted by Crippen LogP contribution is 2.24. The van der Waals surface area contributed by atoms with Gasteiger partial charge in [-0.3, -0.25) is 0 Å². The number of nitrogens with zero attached hydrogens (tertiary/aromatic N) is 1. The smallest absolute Gasteiger partial charge is 0.337 e. The fourth-order valence-electron chi connectivity index (χ4n) is 2.29. The van der Waals surface area contributed by atoms with Crippen LogP contribution in [0.3, 0.4) is 0 Å². The van der Waals surface area contributed by atoms with Gasteiger partial charge in [0.1, 0.15) is 0 Å². The van der Waals surface area contributed by atoms with Crippen molar-refractivity contribution in [3.63, 3.8) is 0 Å². The summed E-state index contributed by atoms with van der Waals surface area (Å²) in [6.45, 7) is 5.65. The maximum atomic E-state index is 12.2. The van der Waals surface area contributed by atoms with Gasteiger partial charge in [0, 0.05) is 16.7 Å². The van der Waals surface area contributed by atoms with Crippen LogP contribution < -0.4 is 5.32 Å². The zero-order valence-corrected chi connectivity index (χ0v) is 13.5. The number of urea groups is 1. The molecule has 2 rings (SSSR count). The van der Waals surface area contributed by atoms with E-state index in [1.165, 1.54) is 0 Å². The molecule has 1 aromatic carbocycles. The van der Waals surface area contributed by atoms with E-state index < -0.39 is 5.97 Å². The van der Waals surface area contributed by atoms with E-state index in [0.717, 1.165) is 3.57 Å². The fraction of sp³-hybridized carbons (Fsp3) is 0.429. The second-order valence-electron chi connectivity index (χ2n) is 5.28. The molecule has 0 aromatic heterocycles. The molecule has 2 amide bonds. The molecule has 2 N–H and O–H groups in total. The van der Waals surface area contributed by atoms with Crippen LogP contribution >= 0.6 is 22.6 Å². The highest BCUT2D eigenvalue weighted by Gasteiger charge is 2.29. The first-order valence-corrected chi connectivity index (χ1v) is 7.55. The van der Waals surface area contributed by atoms with Crippen molar-refractivity contribution >= 4 is 40.3 Å². The minimum Gasteiger partial charge on any atom is -0.478 e. The number of aromatic carboxylic acids is 1. The largest absolute Gasteiger partial charge is 0.478 e. The lowest BCUT2D eigenvalue weighted by Crippen LogP contribution is -2.33. The van der Waals surface area contributed by atoms with Crippen LogP contribution in [-0.4, -0.2) is 35.1 Å². The molecule has 5 nitrogen and oxygen atoms in total. The van der Waals surface area contributed by atoms with Gasteiger partial charge in [-0.25, -0.2) is 9.59 Å². The molecule has 1 fully saturated rings. The van der Waals surface area contributed by atoms with Gasteiger partial charge < -0.3 is 15.3 Å². The Balaban J connectivity index is 2.14. The van der Waals surface area contributed by atoms with Gasteiger partial charge in [0.05, 0.1) is 11.3 Å². The van der Waals surface area contributed by atoms with Crippen LogP contribution in [0.1, 0.15) is 24.2 Å². The number of rotatable bonds is 2. The van der Waals surface area contributed by atoms with Gasteiger partial charge in [0.25, 0.3) is 0 Å². The van der Waals surface area contributed by atoms with Gasteiger partial charge in [-0.05, 0) is 52.6 Å². The molecule has 1 aliphatic rings. The average molecular weight is 388 g/mol. The third kappa shape index (κ3) is 3.23. The number of hydrogen-bond donors (Lipinski definition) is 2. The Labute approximate surface area is 131 Å². The lowest BCUT2D eigenvalue weighted by atomic mass is 10.0. The predicted molar refractivity (Wildman–Crippen MR) is 85.0 cm³/mol. The molecule has 20 heavy (non-hydrogen) atoms. The first-order valence-electron chi connectivity index (χ1n) is 6.47. The van der Waals surface area contributed by atoms with Crippen molar-refractivity contribution in [1.82, 2.24) is 4.90 Å². The summed E-state index contributed by atoms with van der Waals surface area (Å²) < 4.78 is 0.821. The van der Waals surface area contributed by atoms with Crippen molar-refractivity contribution in [3.8, 4) is 0 Å². The van der Waals surface area contributed by atoms with E-state index in [2.05, 4.69) is 19.2 Å². The third-order valence-electron chi connectivity index (χ3n) is 3.73. The minimum absolute atomic E-state index is 0.116. The molecule has 108 valence electrons. The number of carbonyl (C=O) groups is 2. The first-order chi connectivity index (χ1) is 9.38. The molecule has 2 atom stereocenters. The summed E-state index contributed by atoms with van der Waals surface area (Å²) in [6, 6.07) is 4.72. The van der Waals surface area contributed by atoms with E-state index in [0.29, 0.717) is 30.6 Å². The van der Waals surface area contributed by atoms with Crippen LogP contribution in [0.4, 0.5) is 10.5 Å². The summed E-state index contributed by atoms with van der Waals surface area (Å²) in [4.78, 5) is 25.1. The summed E-state index contributed by atoms with van der Waals surface area (Å²) in [5.41, 5.74) is 0.459. The van der Waals surface area contributed by atoms with E-state index in [1.807, 2.05) is 22.6 Å². The summed E-state index contributed by atoms with van der Waals surface area (Å²) in [5, 5.41) is 11.9. The van der Waals surface area contributed by atoms with Gasteiger partial charge >= 0.3 is 12.0 Å². The van der Waals surface area contributed by atoms with Crippen molar-refractivity contribution in [3.05, 3.63) is 27.3 Å². The van der Waals surface area contributed by atoms with E-state index >= 15 is 0 Å². The van der Waals surface area contributed by atoms with Crippen LogP contribution in [0.15, 0.2) is 18.2 Å². The van der Waals surface area contributed by atoms with Gasteiger partial charge in [0.15, 0.2) is 0 Å². The molecule has 1 saturated heterocycles. The Kier molecular flexibility index (Phi) is 4.52. The molecule has 0 spiro atoms. The summed E-state index contributed by atoms with van der Waals surface area (Å²) in [7, 11) is 0. The second-order valence-corrected chi connectivity index (χ2v) is 6.53. The molecule has 0 bridgehead atoms. The highest BCUT2D eigenvalue weighted by atomic mass is 127. The zero-order valence-electron chi connectivity index (χ0n) is 11.4. The van der Waals surface area contributed by atoms with Crippen molar-refractivity contribution in [2.75, 3.05) is 18.4 Å². The Morgan fingerprint density at radius 1 is 1.30 bits per heavy atom. The number of carboxylic acid groups (broad SMARTS) is 1. The number of anilines is 1. The van der Waals surface area contributed by atoms with E-state index in [-0.39, 0.29) is 11.6 Å². The molecule has 1 heterocycles. The van der Waals surface area contributed by atoms with Crippen LogP contribution in [0, 0.1) is 15.4 Å². The molecule has 0 aliphatic carbocycles. The van der Waals surface area contributed by atoms with Gasteiger partial charge in [-0.15, -0.1) is 0 Å². The molecule has 0 radical (unpaired) electrons. The molecule has 1 aromatic rings. The lowest BCUT2D eigenvalue weighted by Gasteiger charge is -2.18. The van der Waals surface area contributed by atoms with Crippen molar-refractivity contribution < 1.29 is 14.7 Å². The molecule has 6 heteroatoms. The lowest BCUT2D eigenvalue weighted by molar-refractivity contribution is 0.0698. The number of carbonyl (C=O) groups excluding carboxylic acids is 1. The topological polar surface area (TPSA) is 69.6 Å². The Bertz CT molecular complexity index is 537. The Morgan fingerprint density at radius 3 is 2.45 bits per heavy atom. The second kappa shape index (κ2) is 5.99. The molecule has 0 saturated carbocycles. The molecular formula is C14H17IN2O3. The number of amides is 2. The van der Waals surface area contributed by atoms with Crippen molar-refractivity contribution in [2.45, 2.75) is 13.8 Å². The zero-order chi connectivity index (χ0) is 14.9. The molecular weight excluding hydrogens is 371 g/mol. The number of nitrogens with one attached hydrogen (secondary N) is 1.